The number of aromatic nitrogens is 1. The molecule has 0 fully saturated rings. The van der Waals surface area contributed by atoms with Gasteiger partial charge in [-0.3, -0.25) is 10.1 Å². The first-order valence-electron chi connectivity index (χ1n) is 6.33. The highest BCUT2D eigenvalue weighted by Crippen LogP contribution is 2.31. The summed E-state index contributed by atoms with van der Waals surface area (Å²) >= 11 is 6.03. The molecule has 0 bridgehead atoms. The first-order valence-corrected chi connectivity index (χ1v) is 9.42. The van der Waals surface area contributed by atoms with Crippen LogP contribution in [0.5, 0.6) is 5.75 Å². The van der Waals surface area contributed by atoms with E-state index in [1.807, 2.05) is 0 Å². The van der Waals surface area contributed by atoms with Crippen molar-refractivity contribution in [3.05, 3.63) is 34.2 Å². The van der Waals surface area contributed by atoms with Gasteiger partial charge in [-0.05, 0) is 12.1 Å². The fraction of sp³-hybridized carbons (Fsp3) is 0.154. The Labute approximate surface area is 150 Å². The molecule has 8 nitrogen and oxygen atoms in total. The van der Waals surface area contributed by atoms with Crippen molar-refractivity contribution in [1.82, 2.24) is 4.98 Å². The van der Waals surface area contributed by atoms with Crippen LogP contribution in [0.4, 0.5) is 9.52 Å². The van der Waals surface area contributed by atoms with E-state index in [0.29, 0.717) is 11.3 Å². The average molecular weight is 409 g/mol. The van der Waals surface area contributed by atoms with Crippen LogP contribution in [0.1, 0.15) is 20.8 Å². The van der Waals surface area contributed by atoms with Gasteiger partial charge in [-0.2, -0.15) is 0 Å². The average Bonchev–Trinajstić information content (AvgIpc) is 2.96. The van der Waals surface area contributed by atoms with Crippen LogP contribution in [0, 0.1) is 5.82 Å². The number of phenolic OH excluding ortho intramolecular Hbond substituents is 1. The zero-order chi connectivity index (χ0) is 18.9. The van der Waals surface area contributed by atoms with Crippen molar-refractivity contribution in [3.63, 3.8) is 0 Å². The molecule has 1 amide bonds. The lowest BCUT2D eigenvalue weighted by molar-refractivity contribution is 0.0590. The van der Waals surface area contributed by atoms with Gasteiger partial charge in [-0.15, -0.1) is 0 Å². The summed E-state index contributed by atoms with van der Waals surface area (Å²) in [5.74, 6) is -4.18. The van der Waals surface area contributed by atoms with Crippen LogP contribution in [0.2, 0.25) is 5.02 Å². The Morgan fingerprint density at radius 2 is 2.04 bits per heavy atom. The van der Waals surface area contributed by atoms with Gasteiger partial charge < -0.3 is 9.84 Å². The fourth-order valence-electron chi connectivity index (χ4n) is 1.72. The first kappa shape index (κ1) is 19.1. The van der Waals surface area contributed by atoms with E-state index in [1.165, 1.54) is 0 Å². The third-order valence-electron chi connectivity index (χ3n) is 2.84. The molecule has 0 saturated heterocycles. The van der Waals surface area contributed by atoms with Crippen molar-refractivity contribution < 1.29 is 32.2 Å². The molecule has 0 aliphatic carbocycles. The van der Waals surface area contributed by atoms with E-state index >= 15 is 0 Å². The van der Waals surface area contributed by atoms with Crippen LogP contribution in [0.3, 0.4) is 0 Å². The van der Waals surface area contributed by atoms with E-state index in [2.05, 4.69) is 15.0 Å². The lowest BCUT2D eigenvalue weighted by Crippen LogP contribution is -2.14. The number of hydrogen-bond acceptors (Lipinski definition) is 8. The molecule has 12 heteroatoms. The van der Waals surface area contributed by atoms with Gasteiger partial charge in [0.1, 0.15) is 0 Å². The van der Waals surface area contributed by atoms with E-state index in [4.69, 9.17) is 11.6 Å². The van der Waals surface area contributed by atoms with Crippen molar-refractivity contribution in [2.45, 2.75) is 4.21 Å². The zero-order valence-electron chi connectivity index (χ0n) is 12.7. The molecule has 1 heterocycles. The number of carbonyl (C=O) groups is 2. The molecule has 0 atom stereocenters. The van der Waals surface area contributed by atoms with Gasteiger partial charge in [0.05, 0.1) is 17.7 Å². The number of sulfone groups is 1. The van der Waals surface area contributed by atoms with E-state index < -0.39 is 48.7 Å². The maximum Gasteiger partial charge on any atom is 0.359 e. The Bertz CT molecular complexity index is 973. The number of benzene rings is 1. The largest absolute Gasteiger partial charge is 0.504 e. The van der Waals surface area contributed by atoms with Gasteiger partial charge in [-0.1, -0.05) is 22.9 Å². The number of phenols is 1. The molecule has 2 rings (SSSR count). The molecule has 1 aromatic carbocycles. The summed E-state index contributed by atoms with van der Waals surface area (Å²) in [7, 11) is -2.78. The molecular formula is C13H10ClFN2O6S2. The molecule has 134 valence electrons. The van der Waals surface area contributed by atoms with Gasteiger partial charge in [0, 0.05) is 6.26 Å². The third kappa shape index (κ3) is 3.89. The predicted octanol–water partition coefficient (Wildman–Crippen LogP) is 2.08. The number of rotatable bonds is 4. The highest BCUT2D eigenvalue weighted by atomic mass is 35.5. The summed E-state index contributed by atoms with van der Waals surface area (Å²) in [6, 6.07) is 2.14. The van der Waals surface area contributed by atoms with Gasteiger partial charge in [0.15, 0.2) is 36.4 Å². The van der Waals surface area contributed by atoms with Crippen molar-refractivity contribution in [2.24, 2.45) is 0 Å². The normalized spacial score (nSPS) is 11.2. The predicted molar refractivity (Wildman–Crippen MR) is 87.6 cm³/mol. The number of anilines is 1. The maximum atomic E-state index is 13.9. The highest BCUT2D eigenvalue weighted by molar-refractivity contribution is 7.93. The number of hydrogen-bond donors (Lipinski definition) is 2. The Balaban J connectivity index is 2.41. The molecule has 0 radical (unpaired) electrons. The zero-order valence-corrected chi connectivity index (χ0v) is 15.1. The molecular weight excluding hydrogens is 399 g/mol. The van der Waals surface area contributed by atoms with Crippen LogP contribution in [0.25, 0.3) is 0 Å². The van der Waals surface area contributed by atoms with Crippen LogP contribution in [-0.2, 0) is 14.6 Å². The lowest BCUT2D eigenvalue weighted by atomic mass is 10.2. The summed E-state index contributed by atoms with van der Waals surface area (Å²) in [5, 5.41) is 11.0. The second-order valence-electron chi connectivity index (χ2n) is 4.63. The van der Waals surface area contributed by atoms with Crippen LogP contribution in [-0.4, -0.2) is 43.8 Å². The van der Waals surface area contributed by atoms with Crippen LogP contribution in [0.15, 0.2) is 16.3 Å². The first-order chi connectivity index (χ1) is 11.6. The second-order valence-corrected chi connectivity index (χ2v) is 8.25. The molecule has 2 N–H and O–H groups in total. The molecule has 0 unspecified atom stereocenters. The summed E-state index contributed by atoms with van der Waals surface area (Å²) in [6.45, 7) is 0. The number of methoxy groups -OCH3 is 1. The van der Waals surface area contributed by atoms with E-state index in [-0.39, 0.29) is 10.2 Å². The van der Waals surface area contributed by atoms with Gasteiger partial charge in [-0.25, -0.2) is 22.6 Å². The number of carbonyl (C=O) groups excluding carboxylic acids is 2. The molecule has 0 saturated carbocycles. The maximum absolute atomic E-state index is 13.9. The summed E-state index contributed by atoms with van der Waals surface area (Å²) < 4.78 is 41.4. The Morgan fingerprint density at radius 1 is 1.40 bits per heavy atom. The quantitative estimate of drug-likeness (QED) is 0.742. The minimum Gasteiger partial charge on any atom is -0.504 e. The molecule has 0 aliphatic heterocycles. The smallest absolute Gasteiger partial charge is 0.359 e. The van der Waals surface area contributed by atoms with Gasteiger partial charge in [0.25, 0.3) is 5.91 Å². The number of esters is 1. The molecule has 1 aromatic heterocycles. The SMILES string of the molecule is COC(=O)c1nc(NC(=O)c2ccc(Cl)c(O)c2F)sc1S(C)(=O)=O. The number of nitrogens with one attached hydrogen (secondary N) is 1. The van der Waals surface area contributed by atoms with E-state index in [9.17, 15) is 27.5 Å². The third-order valence-corrected chi connectivity index (χ3v) is 5.94. The second kappa shape index (κ2) is 6.94. The standard InChI is InChI=1S/C13H10ClFN2O6S2/c1-23-11(20)8-12(25(2,21)22)24-13(16-8)17-10(19)5-3-4-6(14)9(18)7(5)15/h3-4,18H,1-2H3,(H,16,17,19). The van der Waals surface area contributed by atoms with Crippen molar-refractivity contribution in [2.75, 3.05) is 18.7 Å². The number of nitrogens with zero attached hydrogens (tertiary/aromatic N) is 1. The topological polar surface area (TPSA) is 123 Å². The lowest BCUT2D eigenvalue weighted by Gasteiger charge is -2.05. The Hall–Kier alpha value is -2.24. The summed E-state index contributed by atoms with van der Waals surface area (Å²) in [6.07, 6.45) is 0.857. The molecule has 25 heavy (non-hydrogen) atoms. The van der Waals surface area contributed by atoms with Crippen molar-refractivity contribution >= 4 is 49.8 Å². The van der Waals surface area contributed by atoms with Crippen LogP contribution < -0.4 is 5.32 Å². The number of aromatic hydroxyl groups is 1. The Morgan fingerprint density at radius 3 is 2.60 bits per heavy atom. The minimum absolute atomic E-state index is 0.264. The number of halogens is 2. The van der Waals surface area contributed by atoms with E-state index in [0.717, 1.165) is 25.5 Å². The summed E-state index contributed by atoms with van der Waals surface area (Å²) in [4.78, 5) is 27.4. The van der Waals surface area contributed by atoms with Crippen LogP contribution >= 0.6 is 22.9 Å². The van der Waals surface area contributed by atoms with Gasteiger partial charge >= 0.3 is 5.97 Å². The Kier molecular flexibility index (Phi) is 5.30. The number of thiazole rings is 1. The van der Waals surface area contributed by atoms with Crippen molar-refractivity contribution in [3.8, 4) is 5.75 Å². The molecule has 0 spiro atoms. The number of amides is 1. The van der Waals surface area contributed by atoms with Gasteiger partial charge in [0.2, 0.25) is 0 Å². The molecule has 0 aliphatic rings. The fourth-order valence-corrected chi connectivity index (χ4v) is 3.87. The van der Waals surface area contributed by atoms with Crippen molar-refractivity contribution in [1.29, 1.82) is 0 Å². The summed E-state index contributed by atoms with van der Waals surface area (Å²) in [5.41, 5.74) is -1.04. The molecule has 2 aromatic rings. The minimum atomic E-state index is -3.82. The highest BCUT2D eigenvalue weighted by Gasteiger charge is 2.27. The van der Waals surface area contributed by atoms with E-state index in [1.54, 1.807) is 0 Å². The number of ether oxygens (including phenoxy) is 1. The monoisotopic (exact) mass is 408 g/mol.